The molecule has 0 spiro atoms. The summed E-state index contributed by atoms with van der Waals surface area (Å²) in [6.45, 7) is 9.14. The Hall–Kier alpha value is -2.68. The van der Waals surface area contributed by atoms with Crippen molar-refractivity contribution in [3.05, 3.63) is 62.5 Å². The van der Waals surface area contributed by atoms with Gasteiger partial charge in [0, 0.05) is 46.0 Å². The summed E-state index contributed by atoms with van der Waals surface area (Å²) < 4.78 is 11.4. The third kappa shape index (κ3) is 7.43. The van der Waals surface area contributed by atoms with Gasteiger partial charge in [-0.3, -0.25) is 19.3 Å². The maximum atomic E-state index is 13.0. The Bertz CT molecular complexity index is 1200. The second kappa shape index (κ2) is 13.2. The molecule has 0 radical (unpaired) electrons. The molecular formula is C27H30Cl2N2O5S. The molecule has 1 saturated heterocycles. The van der Waals surface area contributed by atoms with Gasteiger partial charge in [0.15, 0.2) is 0 Å². The summed E-state index contributed by atoms with van der Waals surface area (Å²) in [6, 6.07) is 10.9. The molecule has 1 aliphatic rings. The Labute approximate surface area is 231 Å². The molecule has 37 heavy (non-hydrogen) atoms. The van der Waals surface area contributed by atoms with Gasteiger partial charge in [0.1, 0.15) is 18.9 Å². The van der Waals surface area contributed by atoms with Crippen LogP contribution in [-0.4, -0.2) is 47.8 Å². The quantitative estimate of drug-likeness (QED) is 0.219. The van der Waals surface area contributed by atoms with E-state index in [0.717, 1.165) is 41.0 Å². The van der Waals surface area contributed by atoms with Gasteiger partial charge in [-0.1, -0.05) is 36.2 Å². The molecule has 10 heteroatoms. The van der Waals surface area contributed by atoms with E-state index in [9.17, 15) is 14.4 Å². The van der Waals surface area contributed by atoms with Crippen LogP contribution in [0.2, 0.25) is 10.0 Å². The van der Waals surface area contributed by atoms with Gasteiger partial charge in [-0.15, -0.1) is 0 Å². The molecule has 2 aromatic rings. The lowest BCUT2D eigenvalue weighted by molar-refractivity contribution is -0.150. The summed E-state index contributed by atoms with van der Waals surface area (Å²) in [4.78, 5) is 40.9. The van der Waals surface area contributed by atoms with Crippen LogP contribution in [0, 0.1) is 0 Å². The molecule has 2 amide bonds. The van der Waals surface area contributed by atoms with Crippen molar-refractivity contribution in [2.75, 3.05) is 24.5 Å². The minimum atomic E-state index is -0.620. The fourth-order valence-electron chi connectivity index (χ4n) is 3.60. The molecule has 3 rings (SSSR count). The molecule has 0 unspecified atom stereocenters. The van der Waals surface area contributed by atoms with Gasteiger partial charge in [-0.2, -0.15) is 0 Å². The Morgan fingerprint density at radius 1 is 1.11 bits per heavy atom. The number of rotatable bonds is 11. The van der Waals surface area contributed by atoms with Gasteiger partial charge in [0.05, 0.1) is 11.0 Å². The van der Waals surface area contributed by atoms with Crippen LogP contribution in [0.15, 0.2) is 41.3 Å². The van der Waals surface area contributed by atoms with E-state index in [-0.39, 0.29) is 17.6 Å². The van der Waals surface area contributed by atoms with Gasteiger partial charge in [0.25, 0.3) is 11.1 Å². The van der Waals surface area contributed by atoms with E-state index in [0.29, 0.717) is 27.8 Å². The maximum Gasteiger partial charge on any atom is 0.326 e. The van der Waals surface area contributed by atoms with Crippen LogP contribution in [0.1, 0.15) is 45.2 Å². The number of halogens is 2. The first-order valence-corrected chi connectivity index (χ1v) is 13.6. The zero-order valence-electron chi connectivity index (χ0n) is 21.3. The van der Waals surface area contributed by atoms with E-state index in [1.165, 1.54) is 0 Å². The Morgan fingerprint density at radius 2 is 1.84 bits per heavy atom. The summed E-state index contributed by atoms with van der Waals surface area (Å²) in [5, 5.41) is 0.494. The molecule has 0 N–H and O–H groups in total. The van der Waals surface area contributed by atoms with Crippen LogP contribution in [0.3, 0.4) is 0 Å². The highest BCUT2D eigenvalue weighted by molar-refractivity contribution is 8.18. The number of esters is 1. The zero-order chi connectivity index (χ0) is 27.1. The molecule has 0 bridgehead atoms. The standard InChI is InChI=1S/C27H30Cl2N2O5S/c1-5-17(4)36-25(32)15-31-26(33)24(37-27(31)34)12-18-9-11-21(30(6-2)7-3)14-23(18)35-16-19-8-10-20(28)13-22(19)29/h8-14,17H,5-7,15-16H2,1-4H3/b24-12+/t17-/m0/s1. The van der Waals surface area contributed by atoms with Crippen LogP contribution in [0.5, 0.6) is 5.75 Å². The van der Waals surface area contributed by atoms with Crippen molar-refractivity contribution in [3.63, 3.8) is 0 Å². The number of benzene rings is 2. The first-order chi connectivity index (χ1) is 17.7. The predicted octanol–water partition coefficient (Wildman–Crippen LogP) is 6.80. The topological polar surface area (TPSA) is 76.2 Å². The summed E-state index contributed by atoms with van der Waals surface area (Å²) in [7, 11) is 0. The van der Waals surface area contributed by atoms with Gasteiger partial charge >= 0.3 is 5.97 Å². The number of carbonyl (C=O) groups excluding carboxylic acids is 3. The van der Waals surface area contributed by atoms with E-state index >= 15 is 0 Å². The number of ether oxygens (including phenoxy) is 2. The SMILES string of the molecule is CC[C@H](C)OC(=O)CN1C(=O)S/C(=C/c2ccc(N(CC)CC)cc2OCc2ccc(Cl)cc2Cl)C1=O. The second-order valence-corrected chi connectivity index (χ2v) is 10.2. The number of thioether (sulfide) groups is 1. The third-order valence-corrected chi connectivity index (χ3v) is 7.37. The lowest BCUT2D eigenvalue weighted by Crippen LogP contribution is -2.35. The van der Waals surface area contributed by atoms with Crippen molar-refractivity contribution in [2.24, 2.45) is 0 Å². The number of hydrogen-bond donors (Lipinski definition) is 0. The van der Waals surface area contributed by atoms with Crippen molar-refractivity contribution < 1.29 is 23.9 Å². The number of imide groups is 1. The normalized spacial score (nSPS) is 15.3. The fourth-order valence-corrected chi connectivity index (χ4v) is 4.89. The summed E-state index contributed by atoms with van der Waals surface area (Å²) >= 11 is 13.1. The minimum Gasteiger partial charge on any atom is -0.488 e. The first kappa shape index (κ1) is 28.9. The van der Waals surface area contributed by atoms with Crippen molar-refractivity contribution >= 4 is 63.8 Å². The van der Waals surface area contributed by atoms with E-state index in [4.69, 9.17) is 32.7 Å². The highest BCUT2D eigenvalue weighted by Crippen LogP contribution is 2.36. The monoisotopic (exact) mass is 564 g/mol. The van der Waals surface area contributed by atoms with Crippen LogP contribution in [-0.2, 0) is 20.9 Å². The molecule has 1 fully saturated rings. The van der Waals surface area contributed by atoms with Crippen LogP contribution in [0.25, 0.3) is 6.08 Å². The highest BCUT2D eigenvalue weighted by Gasteiger charge is 2.37. The van der Waals surface area contributed by atoms with Crippen molar-refractivity contribution in [1.82, 2.24) is 4.90 Å². The average molecular weight is 566 g/mol. The van der Waals surface area contributed by atoms with Crippen molar-refractivity contribution in [1.29, 1.82) is 0 Å². The molecule has 2 aromatic carbocycles. The van der Waals surface area contributed by atoms with Crippen LogP contribution in [0.4, 0.5) is 10.5 Å². The molecule has 1 aliphatic heterocycles. The Morgan fingerprint density at radius 3 is 2.49 bits per heavy atom. The molecule has 0 saturated carbocycles. The van der Waals surface area contributed by atoms with Crippen molar-refractivity contribution in [3.8, 4) is 5.75 Å². The summed E-state index contributed by atoms with van der Waals surface area (Å²) in [5.41, 5.74) is 2.33. The summed E-state index contributed by atoms with van der Waals surface area (Å²) in [6.07, 6.45) is 1.96. The summed E-state index contributed by atoms with van der Waals surface area (Å²) in [5.74, 6) is -0.639. The average Bonchev–Trinajstić information content (AvgIpc) is 3.12. The van der Waals surface area contributed by atoms with Crippen molar-refractivity contribution in [2.45, 2.75) is 46.8 Å². The van der Waals surface area contributed by atoms with Gasteiger partial charge in [-0.05, 0) is 69.3 Å². The Kier molecular flexibility index (Phi) is 10.3. The van der Waals surface area contributed by atoms with E-state index in [1.807, 2.05) is 25.1 Å². The fraction of sp³-hybridized carbons (Fsp3) is 0.370. The maximum absolute atomic E-state index is 13.0. The smallest absolute Gasteiger partial charge is 0.326 e. The Balaban J connectivity index is 1.88. The largest absolute Gasteiger partial charge is 0.488 e. The molecule has 7 nitrogen and oxygen atoms in total. The number of anilines is 1. The molecule has 0 aromatic heterocycles. The van der Waals surface area contributed by atoms with Gasteiger partial charge < -0.3 is 14.4 Å². The number of hydrogen-bond acceptors (Lipinski definition) is 7. The third-order valence-electron chi connectivity index (χ3n) is 5.88. The molecular weight excluding hydrogens is 535 g/mol. The van der Waals surface area contributed by atoms with E-state index in [1.54, 1.807) is 31.2 Å². The lowest BCUT2D eigenvalue weighted by atomic mass is 10.1. The van der Waals surface area contributed by atoms with Crippen LogP contribution < -0.4 is 9.64 Å². The molecule has 1 heterocycles. The minimum absolute atomic E-state index is 0.182. The predicted molar refractivity (Wildman–Crippen MR) is 149 cm³/mol. The lowest BCUT2D eigenvalue weighted by Gasteiger charge is -2.22. The molecule has 0 aliphatic carbocycles. The van der Waals surface area contributed by atoms with Crippen LogP contribution >= 0.6 is 35.0 Å². The number of carbonyl (C=O) groups is 3. The van der Waals surface area contributed by atoms with Gasteiger partial charge in [0.2, 0.25) is 0 Å². The number of amides is 2. The highest BCUT2D eigenvalue weighted by atomic mass is 35.5. The zero-order valence-corrected chi connectivity index (χ0v) is 23.6. The number of nitrogens with zero attached hydrogens (tertiary/aromatic N) is 2. The second-order valence-electron chi connectivity index (χ2n) is 8.40. The first-order valence-electron chi connectivity index (χ1n) is 12.1. The van der Waals surface area contributed by atoms with E-state index in [2.05, 4.69) is 18.7 Å². The van der Waals surface area contributed by atoms with E-state index < -0.39 is 23.7 Å². The molecule has 1 atom stereocenters. The molecule has 198 valence electrons. The van der Waals surface area contributed by atoms with Gasteiger partial charge in [-0.25, -0.2) is 0 Å².